The zero-order valence-electron chi connectivity index (χ0n) is 17.0. The summed E-state index contributed by atoms with van der Waals surface area (Å²) in [6.45, 7) is 11.0. The van der Waals surface area contributed by atoms with Crippen molar-refractivity contribution < 1.29 is 4.79 Å². The molecule has 0 unspecified atom stereocenters. The van der Waals surface area contributed by atoms with E-state index in [-0.39, 0.29) is 17.2 Å². The van der Waals surface area contributed by atoms with E-state index in [1.165, 1.54) is 16.7 Å². The first-order valence-corrected chi connectivity index (χ1v) is 9.79. The number of nitrogens with zero attached hydrogens (tertiary/aromatic N) is 1. The van der Waals surface area contributed by atoms with Crippen molar-refractivity contribution in [1.29, 1.82) is 0 Å². The second-order valence-electron chi connectivity index (χ2n) is 8.88. The largest absolute Gasteiger partial charge is 0.273 e. The van der Waals surface area contributed by atoms with Crippen LogP contribution in [0, 0.1) is 5.92 Å². The van der Waals surface area contributed by atoms with Crippen molar-refractivity contribution in [2.75, 3.05) is 0 Å². The highest BCUT2D eigenvalue weighted by atomic mass is 16.2. The predicted octanol–water partition coefficient (Wildman–Crippen LogP) is 5.36. The van der Waals surface area contributed by atoms with E-state index in [0.717, 1.165) is 12.0 Å². The molecular weight excluding hydrogens is 332 g/mol. The van der Waals surface area contributed by atoms with Gasteiger partial charge in [-0.15, -0.1) is 0 Å². The Morgan fingerprint density at radius 1 is 1.07 bits per heavy atom. The molecule has 0 heterocycles. The maximum Gasteiger partial charge on any atom is 0.243 e. The van der Waals surface area contributed by atoms with Crippen LogP contribution in [0.2, 0.25) is 0 Å². The van der Waals surface area contributed by atoms with Gasteiger partial charge < -0.3 is 0 Å². The summed E-state index contributed by atoms with van der Waals surface area (Å²) in [6, 6.07) is 17.0. The number of carbonyl (C=O) groups excluding carboxylic acids is 1. The Morgan fingerprint density at radius 3 is 2.26 bits per heavy atom. The number of hydrogen-bond acceptors (Lipinski definition) is 2. The number of nitrogens with one attached hydrogen (secondary N) is 1. The van der Waals surface area contributed by atoms with Crippen molar-refractivity contribution in [2.45, 2.75) is 58.3 Å². The summed E-state index contributed by atoms with van der Waals surface area (Å²) in [7, 11) is 0. The summed E-state index contributed by atoms with van der Waals surface area (Å²) in [5.41, 5.74) is 7.71. The van der Waals surface area contributed by atoms with Gasteiger partial charge in [-0.05, 0) is 45.9 Å². The zero-order chi connectivity index (χ0) is 19.6. The molecule has 0 aliphatic heterocycles. The number of benzene rings is 2. The molecule has 2 aromatic rings. The van der Waals surface area contributed by atoms with Gasteiger partial charge in [-0.2, -0.15) is 5.10 Å². The average molecular weight is 363 g/mol. The number of hydrogen-bond donors (Lipinski definition) is 1. The minimum absolute atomic E-state index is 0.00921. The third kappa shape index (κ3) is 4.85. The molecule has 27 heavy (non-hydrogen) atoms. The van der Waals surface area contributed by atoms with Gasteiger partial charge in [0.05, 0.1) is 6.21 Å². The average Bonchev–Trinajstić information content (AvgIpc) is 3.42. The maximum absolute atomic E-state index is 12.3. The Hall–Kier alpha value is -2.42. The van der Waals surface area contributed by atoms with E-state index in [4.69, 9.17) is 0 Å². The van der Waals surface area contributed by atoms with E-state index in [0.29, 0.717) is 11.8 Å². The van der Waals surface area contributed by atoms with E-state index in [1.807, 2.05) is 12.1 Å². The van der Waals surface area contributed by atoms with Crippen molar-refractivity contribution in [3.8, 4) is 0 Å². The lowest BCUT2D eigenvalue weighted by Crippen LogP contribution is -2.20. The summed E-state index contributed by atoms with van der Waals surface area (Å²) in [5.74, 6) is 0.875. The first-order valence-electron chi connectivity index (χ1n) is 9.79. The van der Waals surface area contributed by atoms with Crippen LogP contribution in [-0.4, -0.2) is 12.1 Å². The van der Waals surface area contributed by atoms with Crippen molar-refractivity contribution in [3.63, 3.8) is 0 Å². The standard InChI is InChI=1S/C24H30N2O/c1-16(2)18-8-6-17(7-9-18)15-25-26-23(27)22-14-21(22)19-10-12-20(13-11-19)24(3,4)5/h6-13,15-16,21-22H,14H2,1-5H3,(H,26,27)/t21-,22+/m0/s1. The molecule has 1 fully saturated rings. The number of rotatable bonds is 5. The number of carbonyl (C=O) groups is 1. The van der Waals surface area contributed by atoms with Gasteiger partial charge in [0.2, 0.25) is 5.91 Å². The second-order valence-corrected chi connectivity index (χ2v) is 8.88. The van der Waals surface area contributed by atoms with E-state index in [2.05, 4.69) is 81.5 Å². The first kappa shape index (κ1) is 19.3. The lowest BCUT2D eigenvalue weighted by molar-refractivity contribution is -0.122. The van der Waals surface area contributed by atoms with Crippen molar-refractivity contribution >= 4 is 12.1 Å². The van der Waals surface area contributed by atoms with E-state index < -0.39 is 0 Å². The Labute approximate surface area is 162 Å². The molecule has 0 saturated heterocycles. The molecule has 0 radical (unpaired) electrons. The van der Waals surface area contributed by atoms with E-state index in [1.54, 1.807) is 6.21 Å². The summed E-state index contributed by atoms with van der Waals surface area (Å²) in [4.78, 5) is 12.3. The monoisotopic (exact) mass is 362 g/mol. The fourth-order valence-electron chi connectivity index (χ4n) is 3.30. The molecule has 1 amide bonds. The Bertz CT molecular complexity index is 811. The second kappa shape index (κ2) is 7.67. The SMILES string of the molecule is CC(C)c1ccc(C=NNC(=O)[C@@H]2C[C@H]2c2ccc(C(C)(C)C)cc2)cc1. The van der Waals surface area contributed by atoms with Crippen molar-refractivity contribution in [1.82, 2.24) is 5.43 Å². The summed E-state index contributed by atoms with van der Waals surface area (Å²) in [5, 5.41) is 4.13. The van der Waals surface area contributed by atoms with Crippen LogP contribution in [0.3, 0.4) is 0 Å². The molecule has 1 aliphatic carbocycles. The van der Waals surface area contributed by atoms with Gasteiger partial charge in [0.25, 0.3) is 0 Å². The molecule has 3 nitrogen and oxygen atoms in total. The fraction of sp³-hybridized carbons (Fsp3) is 0.417. The molecule has 0 bridgehead atoms. The molecule has 1 saturated carbocycles. The summed E-state index contributed by atoms with van der Waals surface area (Å²) < 4.78 is 0. The van der Waals surface area contributed by atoms with Crippen LogP contribution in [0.15, 0.2) is 53.6 Å². The normalized spacial score (nSPS) is 19.5. The smallest absolute Gasteiger partial charge is 0.243 e. The van der Waals surface area contributed by atoms with Gasteiger partial charge in [-0.1, -0.05) is 83.1 Å². The third-order valence-electron chi connectivity index (χ3n) is 5.32. The topological polar surface area (TPSA) is 41.5 Å². The lowest BCUT2D eigenvalue weighted by atomic mass is 9.86. The van der Waals surface area contributed by atoms with Gasteiger partial charge in [0.15, 0.2) is 0 Å². The number of hydrazone groups is 1. The van der Waals surface area contributed by atoms with Crippen LogP contribution >= 0.6 is 0 Å². The lowest BCUT2D eigenvalue weighted by Gasteiger charge is -2.19. The van der Waals surface area contributed by atoms with Gasteiger partial charge in [0, 0.05) is 5.92 Å². The Morgan fingerprint density at radius 2 is 1.70 bits per heavy atom. The highest BCUT2D eigenvalue weighted by Crippen LogP contribution is 2.47. The van der Waals surface area contributed by atoms with E-state index >= 15 is 0 Å². The highest BCUT2D eigenvalue weighted by molar-refractivity contribution is 5.85. The van der Waals surface area contributed by atoms with Gasteiger partial charge in [0.1, 0.15) is 0 Å². The summed E-state index contributed by atoms with van der Waals surface area (Å²) >= 11 is 0. The van der Waals surface area contributed by atoms with Gasteiger partial charge >= 0.3 is 0 Å². The zero-order valence-corrected chi connectivity index (χ0v) is 17.0. The Kier molecular flexibility index (Phi) is 5.50. The van der Waals surface area contributed by atoms with Crippen LogP contribution in [0.1, 0.15) is 75.1 Å². The molecule has 3 heteroatoms. The first-order chi connectivity index (χ1) is 12.8. The molecule has 1 N–H and O–H groups in total. The van der Waals surface area contributed by atoms with Crippen LogP contribution in [0.25, 0.3) is 0 Å². The molecule has 2 atom stereocenters. The molecule has 3 rings (SSSR count). The van der Waals surface area contributed by atoms with Crippen LogP contribution in [0.4, 0.5) is 0 Å². The highest BCUT2D eigenvalue weighted by Gasteiger charge is 2.43. The van der Waals surface area contributed by atoms with Gasteiger partial charge in [-0.3, -0.25) is 4.79 Å². The predicted molar refractivity (Wildman–Crippen MR) is 112 cm³/mol. The Balaban J connectivity index is 1.52. The molecule has 1 aliphatic rings. The minimum Gasteiger partial charge on any atom is -0.273 e. The quantitative estimate of drug-likeness (QED) is 0.564. The molecule has 2 aromatic carbocycles. The molecule has 0 spiro atoms. The summed E-state index contributed by atoms with van der Waals surface area (Å²) in [6.07, 6.45) is 2.61. The maximum atomic E-state index is 12.3. The van der Waals surface area contributed by atoms with Crippen LogP contribution in [0.5, 0.6) is 0 Å². The van der Waals surface area contributed by atoms with Crippen LogP contribution in [-0.2, 0) is 10.2 Å². The van der Waals surface area contributed by atoms with Crippen molar-refractivity contribution in [2.24, 2.45) is 11.0 Å². The van der Waals surface area contributed by atoms with E-state index in [9.17, 15) is 4.79 Å². The van der Waals surface area contributed by atoms with Crippen molar-refractivity contribution in [3.05, 3.63) is 70.8 Å². The third-order valence-corrected chi connectivity index (χ3v) is 5.32. The number of amides is 1. The molecule has 0 aromatic heterocycles. The fourth-order valence-corrected chi connectivity index (χ4v) is 3.30. The van der Waals surface area contributed by atoms with Crippen LogP contribution < -0.4 is 5.43 Å². The molecular formula is C24H30N2O. The minimum atomic E-state index is 0.00921. The van der Waals surface area contributed by atoms with Gasteiger partial charge in [-0.25, -0.2) is 5.43 Å². The molecule has 142 valence electrons.